The van der Waals surface area contributed by atoms with E-state index in [9.17, 15) is 13.2 Å². The van der Waals surface area contributed by atoms with Gasteiger partial charge in [-0.1, -0.05) is 18.2 Å². The maximum atomic E-state index is 12.6. The topological polar surface area (TPSA) is 84.5 Å². The fourth-order valence-corrected chi connectivity index (χ4v) is 3.99. The van der Waals surface area contributed by atoms with Crippen LogP contribution in [0, 0.1) is 6.92 Å². The molecule has 0 aliphatic heterocycles. The van der Waals surface area contributed by atoms with Gasteiger partial charge >= 0.3 is 0 Å². The van der Waals surface area contributed by atoms with E-state index in [4.69, 9.17) is 4.74 Å². The molecule has 2 N–H and O–H groups in total. The number of benzene rings is 2. The number of hydrogen-bond donors (Lipinski definition) is 2. The Morgan fingerprint density at radius 2 is 1.88 bits per heavy atom. The highest BCUT2D eigenvalue weighted by Gasteiger charge is 2.25. The van der Waals surface area contributed by atoms with Gasteiger partial charge in [0.15, 0.2) is 0 Å². The van der Waals surface area contributed by atoms with Crippen LogP contribution in [0.5, 0.6) is 5.75 Å². The number of nitrogens with one attached hydrogen (secondary N) is 2. The molecule has 1 amide bonds. The van der Waals surface area contributed by atoms with Gasteiger partial charge in [0.1, 0.15) is 10.6 Å². The number of sulfonamides is 1. The Balaban J connectivity index is 2.19. The molecule has 0 heterocycles. The molecule has 0 radical (unpaired) electrons. The van der Waals surface area contributed by atoms with Crippen LogP contribution in [-0.4, -0.2) is 27.5 Å². The highest BCUT2D eigenvalue weighted by molar-refractivity contribution is 9.10. The number of carbonyl (C=O) groups excluding carboxylic acids is 1. The van der Waals surface area contributed by atoms with Gasteiger partial charge in [0.2, 0.25) is 15.9 Å². The van der Waals surface area contributed by atoms with E-state index in [0.29, 0.717) is 10.2 Å². The fraction of sp³-hybridized carbons (Fsp3) is 0.235. The molecule has 134 valence electrons. The molecule has 0 aromatic heterocycles. The third-order valence-electron chi connectivity index (χ3n) is 3.47. The van der Waals surface area contributed by atoms with Gasteiger partial charge in [-0.25, -0.2) is 8.42 Å². The van der Waals surface area contributed by atoms with E-state index in [1.54, 1.807) is 37.3 Å². The maximum absolute atomic E-state index is 12.6. The molecular formula is C17H19BrN2O4S. The molecule has 2 rings (SSSR count). The lowest BCUT2D eigenvalue weighted by Crippen LogP contribution is -2.41. The second-order valence-electron chi connectivity index (χ2n) is 5.47. The van der Waals surface area contributed by atoms with Crippen molar-refractivity contribution >= 4 is 37.5 Å². The van der Waals surface area contributed by atoms with Crippen LogP contribution < -0.4 is 14.8 Å². The standard InChI is InChI=1S/C17H19BrN2O4S/c1-11-8-9-15(24-3)16(10-11)25(22,23)20-12(2)17(21)19-14-7-5-4-6-13(14)18/h4-10,12,20H,1-3H3,(H,19,21)/t12-/m1/s1. The zero-order chi connectivity index (χ0) is 18.6. The number of amides is 1. The molecule has 8 heteroatoms. The van der Waals surface area contributed by atoms with Crippen LogP contribution in [0.25, 0.3) is 0 Å². The van der Waals surface area contributed by atoms with E-state index in [1.165, 1.54) is 20.1 Å². The average molecular weight is 427 g/mol. The number of rotatable bonds is 6. The predicted octanol–water partition coefficient (Wildman–Crippen LogP) is 3.07. The minimum absolute atomic E-state index is 0.00413. The molecule has 0 saturated heterocycles. The zero-order valence-corrected chi connectivity index (χ0v) is 16.4. The molecule has 6 nitrogen and oxygen atoms in total. The summed E-state index contributed by atoms with van der Waals surface area (Å²) in [5, 5.41) is 2.68. The molecule has 0 bridgehead atoms. The van der Waals surface area contributed by atoms with E-state index < -0.39 is 22.0 Å². The molecule has 2 aromatic carbocycles. The Kier molecular flexibility index (Phi) is 6.21. The summed E-state index contributed by atoms with van der Waals surface area (Å²) in [6.07, 6.45) is 0. The fourth-order valence-electron chi connectivity index (χ4n) is 2.15. The van der Waals surface area contributed by atoms with E-state index in [2.05, 4.69) is 26.0 Å². The van der Waals surface area contributed by atoms with Gasteiger partial charge in [-0.15, -0.1) is 0 Å². The van der Waals surface area contributed by atoms with Crippen molar-refractivity contribution in [3.8, 4) is 5.75 Å². The summed E-state index contributed by atoms with van der Waals surface area (Å²) in [6, 6.07) is 10.9. The Morgan fingerprint density at radius 1 is 1.20 bits per heavy atom. The molecule has 2 aromatic rings. The van der Waals surface area contributed by atoms with Gasteiger partial charge in [0, 0.05) is 4.47 Å². The number of hydrogen-bond acceptors (Lipinski definition) is 4. The van der Waals surface area contributed by atoms with Gasteiger partial charge in [-0.05, 0) is 59.6 Å². The second kappa shape index (κ2) is 7.99. The number of ether oxygens (including phenoxy) is 1. The predicted molar refractivity (Wildman–Crippen MR) is 100 cm³/mol. The van der Waals surface area contributed by atoms with Crippen LogP contribution in [0.3, 0.4) is 0 Å². The van der Waals surface area contributed by atoms with Gasteiger partial charge in [0.25, 0.3) is 0 Å². The third kappa shape index (κ3) is 4.81. The zero-order valence-electron chi connectivity index (χ0n) is 14.0. The Morgan fingerprint density at radius 3 is 2.52 bits per heavy atom. The summed E-state index contributed by atoms with van der Waals surface area (Å²) in [5.74, 6) is -0.251. The Labute approximate surface area is 155 Å². The van der Waals surface area contributed by atoms with Crippen LogP contribution in [0.4, 0.5) is 5.69 Å². The summed E-state index contributed by atoms with van der Waals surface area (Å²) in [7, 11) is -2.52. The molecule has 0 aliphatic carbocycles. The molecular weight excluding hydrogens is 408 g/mol. The number of anilines is 1. The van der Waals surface area contributed by atoms with Crippen molar-refractivity contribution in [1.29, 1.82) is 0 Å². The number of aryl methyl sites for hydroxylation is 1. The van der Waals surface area contributed by atoms with Crippen LogP contribution in [0.15, 0.2) is 51.8 Å². The molecule has 0 spiro atoms. The molecule has 0 unspecified atom stereocenters. The van der Waals surface area contributed by atoms with Gasteiger partial charge in [0.05, 0.1) is 18.8 Å². The summed E-state index contributed by atoms with van der Waals surface area (Å²) in [5.41, 5.74) is 1.33. The van der Waals surface area contributed by atoms with Crippen molar-refractivity contribution in [3.05, 3.63) is 52.5 Å². The molecule has 1 atom stereocenters. The number of para-hydroxylation sites is 1. The largest absolute Gasteiger partial charge is 0.495 e. The summed E-state index contributed by atoms with van der Waals surface area (Å²) < 4.78 is 33.4. The number of methoxy groups -OCH3 is 1. The summed E-state index contributed by atoms with van der Waals surface area (Å²) in [4.78, 5) is 12.3. The van der Waals surface area contributed by atoms with Crippen molar-refractivity contribution in [3.63, 3.8) is 0 Å². The van der Waals surface area contributed by atoms with Crippen molar-refractivity contribution < 1.29 is 17.9 Å². The molecule has 0 fully saturated rings. The minimum atomic E-state index is -3.92. The minimum Gasteiger partial charge on any atom is -0.495 e. The van der Waals surface area contributed by atoms with Gasteiger partial charge < -0.3 is 10.1 Å². The quantitative estimate of drug-likeness (QED) is 0.742. The van der Waals surface area contributed by atoms with E-state index in [-0.39, 0.29) is 10.6 Å². The van der Waals surface area contributed by atoms with Crippen molar-refractivity contribution in [2.45, 2.75) is 24.8 Å². The number of carbonyl (C=O) groups is 1. The smallest absolute Gasteiger partial charge is 0.244 e. The normalized spacial score (nSPS) is 12.5. The van der Waals surface area contributed by atoms with Crippen molar-refractivity contribution in [2.24, 2.45) is 0 Å². The lowest BCUT2D eigenvalue weighted by atomic mass is 10.2. The number of halogens is 1. The van der Waals surface area contributed by atoms with Crippen molar-refractivity contribution in [1.82, 2.24) is 4.72 Å². The van der Waals surface area contributed by atoms with Crippen LogP contribution in [0.2, 0.25) is 0 Å². The lowest BCUT2D eigenvalue weighted by Gasteiger charge is -2.16. The average Bonchev–Trinajstić information content (AvgIpc) is 2.56. The van der Waals surface area contributed by atoms with Crippen LogP contribution in [-0.2, 0) is 14.8 Å². The maximum Gasteiger partial charge on any atom is 0.244 e. The van der Waals surface area contributed by atoms with Gasteiger partial charge in [-0.2, -0.15) is 4.72 Å². The van der Waals surface area contributed by atoms with Gasteiger partial charge in [-0.3, -0.25) is 4.79 Å². The first-order chi connectivity index (χ1) is 11.7. The summed E-state index contributed by atoms with van der Waals surface area (Å²) in [6.45, 7) is 3.26. The van der Waals surface area contributed by atoms with Crippen LogP contribution in [0.1, 0.15) is 12.5 Å². The lowest BCUT2D eigenvalue weighted by molar-refractivity contribution is -0.117. The Bertz CT molecular complexity index is 884. The SMILES string of the molecule is COc1ccc(C)cc1S(=O)(=O)N[C@H](C)C(=O)Nc1ccccc1Br. The molecule has 0 saturated carbocycles. The first-order valence-corrected chi connectivity index (χ1v) is 9.74. The highest BCUT2D eigenvalue weighted by atomic mass is 79.9. The van der Waals surface area contributed by atoms with E-state index in [1.807, 2.05) is 6.07 Å². The molecule has 25 heavy (non-hydrogen) atoms. The monoisotopic (exact) mass is 426 g/mol. The van der Waals surface area contributed by atoms with E-state index in [0.717, 1.165) is 5.56 Å². The second-order valence-corrected chi connectivity index (χ2v) is 8.00. The van der Waals surface area contributed by atoms with Crippen LogP contribution >= 0.6 is 15.9 Å². The van der Waals surface area contributed by atoms with Crippen molar-refractivity contribution in [2.75, 3.05) is 12.4 Å². The molecule has 0 aliphatic rings. The first kappa shape index (κ1) is 19.4. The summed E-state index contributed by atoms with van der Waals surface area (Å²) >= 11 is 3.33. The third-order valence-corrected chi connectivity index (χ3v) is 5.72. The Hall–Kier alpha value is -1.90. The highest BCUT2D eigenvalue weighted by Crippen LogP contribution is 2.25. The first-order valence-electron chi connectivity index (χ1n) is 7.47. The van der Waals surface area contributed by atoms with E-state index >= 15 is 0 Å².